The van der Waals surface area contributed by atoms with Crippen molar-refractivity contribution in [2.45, 2.75) is 20.0 Å². The molecule has 2 N–H and O–H groups in total. The number of ether oxygens (including phenoxy) is 2. The minimum absolute atomic E-state index is 0.153. The average Bonchev–Trinajstić information content (AvgIpc) is 2.65. The number of carboxylic acid groups (broad SMARTS) is 1. The second kappa shape index (κ2) is 7.99. The molecule has 146 valence electrons. The van der Waals surface area contributed by atoms with Crippen LogP contribution in [0, 0.1) is 6.92 Å². The number of carbonyl (C=O) groups is 3. The number of carbonyl (C=O) groups excluding carboxylic acids is 2. The fraction of sp³-hybridized carbons (Fsp3) is 0.250. The lowest BCUT2D eigenvalue weighted by atomic mass is 10.1. The highest BCUT2D eigenvalue weighted by Gasteiger charge is 2.32. The van der Waals surface area contributed by atoms with Crippen molar-refractivity contribution in [3.63, 3.8) is 0 Å². The first kappa shape index (κ1) is 19.2. The van der Waals surface area contributed by atoms with Crippen LogP contribution in [0.5, 0.6) is 11.5 Å². The number of nitrogens with zero attached hydrogens (tertiary/aromatic N) is 1. The Labute approximate surface area is 161 Å². The van der Waals surface area contributed by atoms with Crippen LogP contribution in [0.25, 0.3) is 0 Å². The molecule has 8 nitrogen and oxygen atoms in total. The monoisotopic (exact) mass is 384 g/mol. The van der Waals surface area contributed by atoms with Gasteiger partial charge in [-0.3, -0.25) is 14.5 Å². The van der Waals surface area contributed by atoms with E-state index in [2.05, 4.69) is 5.32 Å². The van der Waals surface area contributed by atoms with Crippen LogP contribution >= 0.6 is 0 Å². The number of aliphatic carboxylic acids is 1. The predicted octanol–water partition coefficient (Wildman–Crippen LogP) is 2.21. The molecule has 0 saturated heterocycles. The van der Waals surface area contributed by atoms with Gasteiger partial charge in [0.2, 0.25) is 5.91 Å². The molecule has 1 aliphatic rings. The maximum Gasteiger partial charge on any atom is 0.341 e. The number of anilines is 2. The normalized spacial score (nSPS) is 15.4. The molecule has 2 amide bonds. The molecule has 1 heterocycles. The maximum atomic E-state index is 12.5. The molecule has 8 heteroatoms. The molecule has 1 unspecified atom stereocenters. The number of fused-ring (bicyclic) bond motifs is 1. The van der Waals surface area contributed by atoms with Gasteiger partial charge < -0.3 is 19.9 Å². The van der Waals surface area contributed by atoms with Crippen molar-refractivity contribution in [2.24, 2.45) is 0 Å². The van der Waals surface area contributed by atoms with Crippen LogP contribution in [0.4, 0.5) is 11.4 Å². The second-order valence-electron chi connectivity index (χ2n) is 6.36. The van der Waals surface area contributed by atoms with Gasteiger partial charge in [-0.1, -0.05) is 12.1 Å². The van der Waals surface area contributed by atoms with E-state index in [4.69, 9.17) is 14.6 Å². The second-order valence-corrected chi connectivity index (χ2v) is 6.36. The fourth-order valence-electron chi connectivity index (χ4n) is 2.87. The summed E-state index contributed by atoms with van der Waals surface area (Å²) in [5.41, 5.74) is 1.81. The molecule has 0 radical (unpaired) electrons. The molecular formula is C20H20N2O6. The van der Waals surface area contributed by atoms with Gasteiger partial charge in [0.25, 0.3) is 5.91 Å². The van der Waals surface area contributed by atoms with Gasteiger partial charge in [0, 0.05) is 5.69 Å². The molecule has 0 saturated carbocycles. The molecule has 0 bridgehead atoms. The number of hydrogen-bond donors (Lipinski definition) is 2. The van der Waals surface area contributed by atoms with E-state index in [9.17, 15) is 14.4 Å². The van der Waals surface area contributed by atoms with E-state index in [0.717, 1.165) is 0 Å². The van der Waals surface area contributed by atoms with Gasteiger partial charge in [-0.2, -0.15) is 0 Å². The van der Waals surface area contributed by atoms with E-state index < -0.39 is 18.7 Å². The highest BCUT2D eigenvalue weighted by molar-refractivity contribution is 6.06. The molecule has 0 aliphatic carbocycles. The number of amides is 2. The summed E-state index contributed by atoms with van der Waals surface area (Å²) in [6.07, 6.45) is -0.671. The van der Waals surface area contributed by atoms with Gasteiger partial charge in [0.1, 0.15) is 18.0 Å². The number of rotatable bonds is 6. The Kier molecular flexibility index (Phi) is 5.49. The third-order valence-electron chi connectivity index (χ3n) is 4.21. The lowest BCUT2D eigenvalue weighted by molar-refractivity contribution is -0.139. The van der Waals surface area contributed by atoms with Gasteiger partial charge in [-0.15, -0.1) is 0 Å². The predicted molar refractivity (Wildman–Crippen MR) is 102 cm³/mol. The van der Waals surface area contributed by atoms with Gasteiger partial charge >= 0.3 is 5.97 Å². The highest BCUT2D eigenvalue weighted by atomic mass is 16.5. The van der Waals surface area contributed by atoms with Crippen molar-refractivity contribution in [3.8, 4) is 11.5 Å². The molecule has 0 spiro atoms. The highest BCUT2D eigenvalue weighted by Crippen LogP contribution is 2.33. The quantitative estimate of drug-likeness (QED) is 0.791. The molecule has 2 aromatic rings. The summed E-state index contributed by atoms with van der Waals surface area (Å²) < 4.78 is 10.7. The zero-order valence-corrected chi connectivity index (χ0v) is 15.5. The van der Waals surface area contributed by atoms with Crippen molar-refractivity contribution in [1.29, 1.82) is 0 Å². The SMILES string of the molecule is Cc1cc(OCC(=O)O)ccc1NC(=O)CN1C(=O)C(C)Oc2ccccc21. The summed E-state index contributed by atoms with van der Waals surface area (Å²) in [5, 5.41) is 11.4. The zero-order chi connectivity index (χ0) is 20.3. The van der Waals surface area contributed by atoms with E-state index in [1.807, 2.05) is 0 Å². The summed E-state index contributed by atoms with van der Waals surface area (Å²) >= 11 is 0. The Morgan fingerprint density at radius 2 is 2.00 bits per heavy atom. The van der Waals surface area contributed by atoms with Gasteiger partial charge in [-0.25, -0.2) is 4.79 Å². The van der Waals surface area contributed by atoms with E-state index >= 15 is 0 Å². The van der Waals surface area contributed by atoms with Crippen molar-refractivity contribution < 1.29 is 29.0 Å². The Bertz CT molecular complexity index is 927. The number of aryl methyl sites for hydroxylation is 1. The standard InChI is InChI=1S/C20H20N2O6/c1-12-9-14(27-11-19(24)25)7-8-15(12)21-18(23)10-22-16-5-3-4-6-17(16)28-13(2)20(22)26/h3-9,13H,10-11H2,1-2H3,(H,21,23)(H,24,25). The molecule has 28 heavy (non-hydrogen) atoms. The lowest BCUT2D eigenvalue weighted by Gasteiger charge is -2.32. The van der Waals surface area contributed by atoms with Crippen LogP contribution in [-0.2, 0) is 14.4 Å². The van der Waals surface area contributed by atoms with Gasteiger partial charge in [0.15, 0.2) is 12.7 Å². The van der Waals surface area contributed by atoms with Crippen LogP contribution in [0.1, 0.15) is 12.5 Å². The number of hydrogen-bond acceptors (Lipinski definition) is 5. The van der Waals surface area contributed by atoms with Crippen molar-refractivity contribution in [3.05, 3.63) is 48.0 Å². The van der Waals surface area contributed by atoms with E-state index in [1.54, 1.807) is 56.3 Å². The number of para-hydroxylation sites is 2. The smallest absolute Gasteiger partial charge is 0.341 e. The van der Waals surface area contributed by atoms with E-state index in [1.165, 1.54) is 4.90 Å². The molecule has 2 aromatic carbocycles. The first-order valence-corrected chi connectivity index (χ1v) is 8.67. The zero-order valence-electron chi connectivity index (χ0n) is 15.5. The Hall–Kier alpha value is -3.55. The molecule has 0 fully saturated rings. The summed E-state index contributed by atoms with van der Waals surface area (Å²) in [5.74, 6) is -0.773. The topological polar surface area (TPSA) is 105 Å². The summed E-state index contributed by atoms with van der Waals surface area (Å²) in [4.78, 5) is 37.0. The Balaban J connectivity index is 1.70. The minimum Gasteiger partial charge on any atom is -0.482 e. The molecule has 3 rings (SSSR count). The molecule has 1 aliphatic heterocycles. The summed E-state index contributed by atoms with van der Waals surface area (Å²) in [7, 11) is 0. The van der Waals surface area contributed by atoms with Crippen molar-refractivity contribution in [1.82, 2.24) is 0 Å². The van der Waals surface area contributed by atoms with Crippen molar-refractivity contribution in [2.75, 3.05) is 23.4 Å². The van der Waals surface area contributed by atoms with Gasteiger partial charge in [0.05, 0.1) is 5.69 Å². The lowest BCUT2D eigenvalue weighted by Crippen LogP contribution is -2.47. The average molecular weight is 384 g/mol. The summed E-state index contributed by atoms with van der Waals surface area (Å²) in [6.45, 7) is 2.81. The number of carboxylic acids is 1. The van der Waals surface area contributed by atoms with Crippen LogP contribution in [0.3, 0.4) is 0 Å². The molecule has 0 aromatic heterocycles. The van der Waals surface area contributed by atoms with E-state index in [0.29, 0.717) is 28.4 Å². The first-order chi connectivity index (χ1) is 13.3. The Morgan fingerprint density at radius 1 is 1.25 bits per heavy atom. The minimum atomic E-state index is -1.07. The third-order valence-corrected chi connectivity index (χ3v) is 4.21. The first-order valence-electron chi connectivity index (χ1n) is 8.67. The third kappa shape index (κ3) is 4.22. The van der Waals surface area contributed by atoms with Crippen molar-refractivity contribution >= 4 is 29.2 Å². The van der Waals surface area contributed by atoms with Crippen LogP contribution < -0.4 is 19.7 Å². The van der Waals surface area contributed by atoms with Gasteiger partial charge in [-0.05, 0) is 49.7 Å². The van der Waals surface area contributed by atoms with Crippen LogP contribution in [-0.4, -0.2) is 42.1 Å². The largest absolute Gasteiger partial charge is 0.482 e. The molecular weight excluding hydrogens is 364 g/mol. The van der Waals surface area contributed by atoms with Crippen LogP contribution in [0.15, 0.2) is 42.5 Å². The maximum absolute atomic E-state index is 12.5. The number of nitrogens with one attached hydrogen (secondary N) is 1. The van der Waals surface area contributed by atoms with E-state index in [-0.39, 0.29) is 18.4 Å². The Morgan fingerprint density at radius 3 is 2.71 bits per heavy atom. The van der Waals surface area contributed by atoms with Crippen LogP contribution in [0.2, 0.25) is 0 Å². The summed E-state index contributed by atoms with van der Waals surface area (Å²) in [6, 6.07) is 11.9. The molecule has 1 atom stereocenters. The fourth-order valence-corrected chi connectivity index (χ4v) is 2.87. The number of benzene rings is 2.